The van der Waals surface area contributed by atoms with Crippen LogP contribution < -0.4 is 11.3 Å². The zero-order chi connectivity index (χ0) is 14.9. The van der Waals surface area contributed by atoms with Crippen LogP contribution in [0.5, 0.6) is 0 Å². The molecule has 1 saturated carbocycles. The maximum atomic E-state index is 6.36. The Kier molecular flexibility index (Phi) is 4.77. The van der Waals surface area contributed by atoms with Crippen LogP contribution in [0.15, 0.2) is 18.2 Å². The summed E-state index contributed by atoms with van der Waals surface area (Å²) in [6.45, 7) is 0.814. The van der Waals surface area contributed by atoms with Crippen molar-refractivity contribution >= 4 is 23.2 Å². The first-order valence-electron chi connectivity index (χ1n) is 7.69. The third-order valence-electron chi connectivity index (χ3n) is 4.99. The summed E-state index contributed by atoms with van der Waals surface area (Å²) in [5.74, 6) is 6.29. The molecule has 2 atom stereocenters. The quantitative estimate of drug-likeness (QED) is 0.644. The van der Waals surface area contributed by atoms with Crippen molar-refractivity contribution < 1.29 is 4.74 Å². The number of hydrogen-bond donors (Lipinski definition) is 2. The van der Waals surface area contributed by atoms with Gasteiger partial charge in [-0.1, -0.05) is 42.1 Å². The van der Waals surface area contributed by atoms with Gasteiger partial charge < -0.3 is 4.74 Å². The molecule has 3 rings (SSSR count). The van der Waals surface area contributed by atoms with Crippen molar-refractivity contribution in [3.05, 3.63) is 33.8 Å². The molecule has 1 aromatic rings. The first kappa shape index (κ1) is 15.6. The molecule has 2 aliphatic rings. The summed E-state index contributed by atoms with van der Waals surface area (Å²) in [7, 11) is 0. The number of nitrogens with one attached hydrogen (secondary N) is 1. The van der Waals surface area contributed by atoms with E-state index in [0.29, 0.717) is 16.0 Å². The molecule has 3 nitrogen and oxygen atoms in total. The smallest absolute Gasteiger partial charge is 0.0686 e. The molecule has 1 spiro atoms. The number of benzene rings is 1. The van der Waals surface area contributed by atoms with Gasteiger partial charge in [0.25, 0.3) is 0 Å². The number of nitrogens with two attached hydrogens (primary N) is 1. The second-order valence-electron chi connectivity index (χ2n) is 6.30. The maximum Gasteiger partial charge on any atom is 0.0686 e. The van der Waals surface area contributed by atoms with Crippen LogP contribution in [-0.2, 0) is 4.74 Å². The molecule has 1 aliphatic carbocycles. The number of ether oxygens (including phenoxy) is 1. The van der Waals surface area contributed by atoms with Gasteiger partial charge in [0.15, 0.2) is 0 Å². The Hall–Kier alpha value is -0.320. The van der Waals surface area contributed by atoms with E-state index in [-0.39, 0.29) is 11.6 Å². The third-order valence-corrected chi connectivity index (χ3v) is 5.56. The van der Waals surface area contributed by atoms with E-state index in [2.05, 4.69) is 5.43 Å². The predicted molar refractivity (Wildman–Crippen MR) is 86.4 cm³/mol. The first-order valence-corrected chi connectivity index (χ1v) is 8.44. The van der Waals surface area contributed by atoms with E-state index in [1.165, 1.54) is 25.7 Å². The Balaban J connectivity index is 1.82. The third kappa shape index (κ3) is 3.22. The summed E-state index contributed by atoms with van der Waals surface area (Å²) in [5, 5.41) is 1.33. The van der Waals surface area contributed by atoms with Gasteiger partial charge in [0, 0.05) is 16.7 Å². The molecule has 1 heterocycles. The SMILES string of the molecule is NNC(c1ccc(Cl)cc1Cl)C1CCOC2(CCCC2)C1. The Morgan fingerprint density at radius 2 is 2.05 bits per heavy atom. The van der Waals surface area contributed by atoms with E-state index in [9.17, 15) is 0 Å². The molecule has 1 aromatic carbocycles. The summed E-state index contributed by atoms with van der Waals surface area (Å²) in [6, 6.07) is 5.69. The summed E-state index contributed by atoms with van der Waals surface area (Å²) in [4.78, 5) is 0. The van der Waals surface area contributed by atoms with Gasteiger partial charge in [0.2, 0.25) is 0 Å². The minimum Gasteiger partial charge on any atom is -0.375 e. The van der Waals surface area contributed by atoms with Crippen LogP contribution in [0, 0.1) is 5.92 Å². The van der Waals surface area contributed by atoms with Crippen molar-refractivity contribution in [1.29, 1.82) is 0 Å². The number of hydrazine groups is 1. The van der Waals surface area contributed by atoms with Crippen LogP contribution in [0.4, 0.5) is 0 Å². The molecule has 2 fully saturated rings. The average molecular weight is 329 g/mol. The standard InChI is InChI=1S/C16H22Cl2N2O/c17-12-3-4-13(14(18)9-12)15(20-19)11-5-8-21-16(10-11)6-1-2-7-16/h3-4,9,11,15,20H,1-2,5-8,10,19H2. The lowest BCUT2D eigenvalue weighted by Crippen LogP contribution is -2.43. The summed E-state index contributed by atoms with van der Waals surface area (Å²) in [6.07, 6.45) is 6.96. The van der Waals surface area contributed by atoms with Crippen LogP contribution >= 0.6 is 23.2 Å². The zero-order valence-corrected chi connectivity index (χ0v) is 13.6. The minimum absolute atomic E-state index is 0.0520. The molecule has 0 bridgehead atoms. The van der Waals surface area contributed by atoms with Crippen molar-refractivity contribution in [3.63, 3.8) is 0 Å². The van der Waals surface area contributed by atoms with E-state index in [1.807, 2.05) is 12.1 Å². The molecule has 0 aromatic heterocycles. The molecule has 1 saturated heterocycles. The van der Waals surface area contributed by atoms with Gasteiger partial charge in [-0.15, -0.1) is 0 Å². The van der Waals surface area contributed by atoms with Crippen LogP contribution in [0.1, 0.15) is 50.1 Å². The van der Waals surface area contributed by atoms with Gasteiger partial charge in [0.05, 0.1) is 11.6 Å². The predicted octanol–water partition coefficient (Wildman–Crippen LogP) is 4.24. The molecule has 3 N–H and O–H groups in total. The second kappa shape index (κ2) is 6.43. The fourth-order valence-electron chi connectivity index (χ4n) is 3.95. The number of rotatable bonds is 3. The highest BCUT2D eigenvalue weighted by molar-refractivity contribution is 6.35. The summed E-state index contributed by atoms with van der Waals surface area (Å²) >= 11 is 12.4. The number of halogens is 2. The van der Waals surface area contributed by atoms with Crippen molar-refractivity contribution in [2.45, 2.75) is 50.2 Å². The molecule has 0 amide bonds. The largest absolute Gasteiger partial charge is 0.375 e. The summed E-state index contributed by atoms with van der Waals surface area (Å²) < 4.78 is 6.11. The Bertz CT molecular complexity index is 503. The monoisotopic (exact) mass is 328 g/mol. The number of hydrogen-bond acceptors (Lipinski definition) is 3. The maximum absolute atomic E-state index is 6.36. The molecule has 0 radical (unpaired) electrons. The Labute approximate surface area is 136 Å². The normalized spacial score (nSPS) is 26.1. The lowest BCUT2D eigenvalue weighted by molar-refractivity contribution is -0.0982. The van der Waals surface area contributed by atoms with E-state index >= 15 is 0 Å². The van der Waals surface area contributed by atoms with Gasteiger partial charge in [0.1, 0.15) is 0 Å². The van der Waals surface area contributed by atoms with E-state index < -0.39 is 0 Å². The zero-order valence-electron chi connectivity index (χ0n) is 12.1. The average Bonchev–Trinajstić information content (AvgIpc) is 2.90. The van der Waals surface area contributed by atoms with E-state index in [1.54, 1.807) is 6.07 Å². The fourth-order valence-corrected chi connectivity index (χ4v) is 4.48. The van der Waals surface area contributed by atoms with E-state index in [4.69, 9.17) is 33.8 Å². The Morgan fingerprint density at radius 1 is 1.29 bits per heavy atom. The van der Waals surface area contributed by atoms with Crippen molar-refractivity contribution in [2.24, 2.45) is 11.8 Å². The van der Waals surface area contributed by atoms with Crippen molar-refractivity contribution in [3.8, 4) is 0 Å². The van der Waals surface area contributed by atoms with Gasteiger partial charge in [-0.05, 0) is 49.3 Å². The van der Waals surface area contributed by atoms with Crippen LogP contribution in [0.2, 0.25) is 10.0 Å². The fraction of sp³-hybridized carbons (Fsp3) is 0.625. The van der Waals surface area contributed by atoms with Gasteiger partial charge in [-0.25, -0.2) is 0 Å². The lowest BCUT2D eigenvalue weighted by atomic mass is 9.79. The summed E-state index contributed by atoms with van der Waals surface area (Å²) in [5.41, 5.74) is 4.08. The lowest BCUT2D eigenvalue weighted by Gasteiger charge is -2.41. The molecule has 116 valence electrons. The van der Waals surface area contributed by atoms with Crippen LogP contribution in [-0.4, -0.2) is 12.2 Å². The molecule has 2 unspecified atom stereocenters. The first-order chi connectivity index (χ1) is 10.1. The van der Waals surface area contributed by atoms with Gasteiger partial charge >= 0.3 is 0 Å². The highest BCUT2D eigenvalue weighted by Gasteiger charge is 2.42. The molecule has 1 aliphatic heterocycles. The highest BCUT2D eigenvalue weighted by atomic mass is 35.5. The van der Waals surface area contributed by atoms with Crippen molar-refractivity contribution in [1.82, 2.24) is 5.43 Å². The molecular weight excluding hydrogens is 307 g/mol. The topological polar surface area (TPSA) is 47.3 Å². The minimum atomic E-state index is 0.0520. The van der Waals surface area contributed by atoms with Crippen LogP contribution in [0.25, 0.3) is 0 Å². The van der Waals surface area contributed by atoms with Crippen LogP contribution in [0.3, 0.4) is 0 Å². The van der Waals surface area contributed by atoms with Gasteiger partial charge in [-0.3, -0.25) is 11.3 Å². The molecule has 5 heteroatoms. The van der Waals surface area contributed by atoms with E-state index in [0.717, 1.165) is 25.0 Å². The van der Waals surface area contributed by atoms with Crippen molar-refractivity contribution in [2.75, 3.05) is 6.61 Å². The molecule has 21 heavy (non-hydrogen) atoms. The molecular formula is C16H22Cl2N2O. The van der Waals surface area contributed by atoms with Gasteiger partial charge in [-0.2, -0.15) is 0 Å². The highest BCUT2D eigenvalue weighted by Crippen LogP contribution is 2.46. The second-order valence-corrected chi connectivity index (χ2v) is 7.15. The Morgan fingerprint density at radius 3 is 2.71 bits per heavy atom.